The zero-order chi connectivity index (χ0) is 27.0. The molecule has 12 heteroatoms. The van der Waals surface area contributed by atoms with Gasteiger partial charge in [0.1, 0.15) is 16.5 Å². The van der Waals surface area contributed by atoms with Gasteiger partial charge in [0.25, 0.3) is 10.0 Å². The quantitative estimate of drug-likeness (QED) is 0.237. The van der Waals surface area contributed by atoms with Crippen molar-refractivity contribution in [1.82, 2.24) is 20.2 Å². The van der Waals surface area contributed by atoms with E-state index in [9.17, 15) is 8.42 Å². The van der Waals surface area contributed by atoms with Crippen LogP contribution in [0.1, 0.15) is 5.69 Å². The summed E-state index contributed by atoms with van der Waals surface area (Å²) in [5, 5.41) is 8.45. The highest BCUT2D eigenvalue weighted by Crippen LogP contribution is 2.34. The lowest BCUT2D eigenvalue weighted by molar-refractivity contribution is 0.467. The van der Waals surface area contributed by atoms with Crippen molar-refractivity contribution in [2.24, 2.45) is 0 Å². The third-order valence-corrected chi connectivity index (χ3v) is 7.79. The van der Waals surface area contributed by atoms with E-state index in [1.807, 2.05) is 44.1 Å². The summed E-state index contributed by atoms with van der Waals surface area (Å²) in [6.07, 6.45) is 1.64. The van der Waals surface area contributed by atoms with Crippen molar-refractivity contribution in [3.8, 4) is 22.9 Å². The van der Waals surface area contributed by atoms with Crippen molar-refractivity contribution < 1.29 is 13.2 Å². The number of anilines is 2. The Morgan fingerprint density at radius 3 is 2.45 bits per heavy atom. The van der Waals surface area contributed by atoms with Gasteiger partial charge in [0.05, 0.1) is 27.8 Å². The molecule has 0 saturated heterocycles. The Kier molecular flexibility index (Phi) is 6.87. The van der Waals surface area contributed by atoms with Crippen molar-refractivity contribution >= 4 is 55.6 Å². The van der Waals surface area contributed by atoms with Crippen molar-refractivity contribution in [3.63, 3.8) is 0 Å². The maximum atomic E-state index is 12.9. The van der Waals surface area contributed by atoms with Gasteiger partial charge in [0.2, 0.25) is 5.88 Å². The summed E-state index contributed by atoms with van der Waals surface area (Å²) >= 11 is 12.0. The SMILES string of the molecule is Cc1[nH]nc2cc(-c3ccc(NS(=O)(=O)c4cc(Cl)ccc4Cl)cc3)nc(Oc3ccc(N(C)C)nc3)c12. The summed E-state index contributed by atoms with van der Waals surface area (Å²) in [6, 6.07) is 16.6. The third kappa shape index (κ3) is 5.24. The number of pyridine rings is 2. The van der Waals surface area contributed by atoms with Crippen molar-refractivity contribution in [2.75, 3.05) is 23.7 Å². The second kappa shape index (κ2) is 10.1. The van der Waals surface area contributed by atoms with E-state index in [2.05, 4.69) is 19.9 Å². The molecule has 0 aliphatic heterocycles. The van der Waals surface area contributed by atoms with E-state index in [0.29, 0.717) is 28.5 Å². The number of H-pyrrole nitrogens is 1. The summed E-state index contributed by atoms with van der Waals surface area (Å²) in [4.78, 5) is 10.9. The van der Waals surface area contributed by atoms with Gasteiger partial charge in [-0.25, -0.2) is 18.4 Å². The van der Waals surface area contributed by atoms with Crippen LogP contribution in [0, 0.1) is 6.92 Å². The molecule has 0 spiro atoms. The number of aromatic amines is 1. The first kappa shape index (κ1) is 25.8. The molecule has 0 amide bonds. The Hall–Kier alpha value is -3.86. The molecule has 5 rings (SSSR count). The predicted molar refractivity (Wildman–Crippen MR) is 150 cm³/mol. The lowest BCUT2D eigenvalue weighted by Gasteiger charge is -2.13. The number of rotatable bonds is 7. The molecular weight excluding hydrogens is 547 g/mol. The number of nitrogens with one attached hydrogen (secondary N) is 2. The Balaban J connectivity index is 1.45. The topological polar surface area (TPSA) is 113 Å². The molecule has 0 aliphatic carbocycles. The molecule has 0 unspecified atom stereocenters. The van der Waals surface area contributed by atoms with E-state index in [0.717, 1.165) is 22.5 Å². The normalized spacial score (nSPS) is 11.5. The monoisotopic (exact) mass is 568 g/mol. The molecule has 0 radical (unpaired) electrons. The zero-order valence-corrected chi connectivity index (χ0v) is 22.9. The highest BCUT2D eigenvalue weighted by atomic mass is 35.5. The fourth-order valence-electron chi connectivity index (χ4n) is 3.78. The molecule has 0 atom stereocenters. The van der Waals surface area contributed by atoms with Gasteiger partial charge in [-0.15, -0.1) is 0 Å². The Labute approximate surface area is 229 Å². The Bertz CT molecular complexity index is 1740. The van der Waals surface area contributed by atoms with E-state index < -0.39 is 10.0 Å². The largest absolute Gasteiger partial charge is 0.437 e. The van der Waals surface area contributed by atoms with E-state index in [-0.39, 0.29) is 14.9 Å². The maximum Gasteiger partial charge on any atom is 0.263 e. The number of halogens is 2. The molecule has 0 fully saturated rings. The summed E-state index contributed by atoms with van der Waals surface area (Å²) in [5.74, 6) is 1.71. The third-order valence-electron chi connectivity index (χ3n) is 5.69. The molecule has 3 heterocycles. The van der Waals surface area contributed by atoms with Crippen LogP contribution in [-0.4, -0.2) is 42.7 Å². The van der Waals surface area contributed by atoms with Gasteiger partial charge in [-0.3, -0.25) is 9.82 Å². The van der Waals surface area contributed by atoms with Crippen LogP contribution in [0.5, 0.6) is 11.6 Å². The minimum Gasteiger partial charge on any atom is -0.437 e. The highest BCUT2D eigenvalue weighted by molar-refractivity contribution is 7.92. The average molecular weight is 569 g/mol. The summed E-state index contributed by atoms with van der Waals surface area (Å²) in [7, 11) is -0.122. The number of sulfonamides is 1. The van der Waals surface area contributed by atoms with Crippen LogP contribution in [0.25, 0.3) is 22.2 Å². The first-order valence-electron chi connectivity index (χ1n) is 11.4. The first-order valence-corrected chi connectivity index (χ1v) is 13.6. The van der Waals surface area contributed by atoms with Crippen LogP contribution < -0.4 is 14.4 Å². The average Bonchev–Trinajstić information content (AvgIpc) is 3.26. The number of ether oxygens (including phenoxy) is 1. The minimum absolute atomic E-state index is 0.0735. The molecule has 0 aliphatic rings. The fraction of sp³-hybridized carbons (Fsp3) is 0.115. The second-order valence-corrected chi connectivity index (χ2v) is 11.2. The molecule has 0 saturated carbocycles. The zero-order valence-electron chi connectivity index (χ0n) is 20.5. The van der Waals surface area contributed by atoms with Gasteiger partial charge >= 0.3 is 0 Å². The molecular formula is C26H22Cl2N6O3S. The van der Waals surface area contributed by atoms with E-state index in [4.69, 9.17) is 32.9 Å². The van der Waals surface area contributed by atoms with Crippen LogP contribution in [0.15, 0.2) is 71.8 Å². The van der Waals surface area contributed by atoms with Crippen LogP contribution in [0.3, 0.4) is 0 Å². The molecule has 2 aromatic carbocycles. The van der Waals surface area contributed by atoms with Gasteiger partial charge in [-0.05, 0) is 55.5 Å². The molecule has 2 N–H and O–H groups in total. The van der Waals surface area contributed by atoms with Crippen molar-refractivity contribution in [2.45, 2.75) is 11.8 Å². The summed E-state index contributed by atoms with van der Waals surface area (Å²) in [5.41, 5.74) is 3.19. The molecule has 5 aromatic rings. The summed E-state index contributed by atoms with van der Waals surface area (Å²) < 4.78 is 34.4. The Morgan fingerprint density at radius 1 is 1.00 bits per heavy atom. The van der Waals surface area contributed by atoms with Gasteiger partial charge in [0.15, 0.2) is 0 Å². The number of hydrogen-bond acceptors (Lipinski definition) is 7. The van der Waals surface area contributed by atoms with E-state index in [1.54, 1.807) is 30.5 Å². The van der Waals surface area contributed by atoms with Crippen molar-refractivity contribution in [1.29, 1.82) is 0 Å². The van der Waals surface area contributed by atoms with Gasteiger partial charge in [-0.1, -0.05) is 35.3 Å². The number of aryl methyl sites for hydroxylation is 1. The number of fused-ring (bicyclic) bond motifs is 1. The maximum absolute atomic E-state index is 12.9. The van der Waals surface area contributed by atoms with E-state index in [1.165, 1.54) is 18.2 Å². The fourth-order valence-corrected chi connectivity index (χ4v) is 5.60. The predicted octanol–water partition coefficient (Wildman–Crippen LogP) is 6.29. The highest BCUT2D eigenvalue weighted by Gasteiger charge is 2.19. The van der Waals surface area contributed by atoms with E-state index >= 15 is 0 Å². The number of aromatic nitrogens is 4. The Morgan fingerprint density at radius 2 is 1.76 bits per heavy atom. The first-order chi connectivity index (χ1) is 18.1. The van der Waals surface area contributed by atoms with Crippen LogP contribution in [0.2, 0.25) is 10.0 Å². The molecule has 3 aromatic heterocycles. The number of hydrogen-bond donors (Lipinski definition) is 2. The molecule has 38 heavy (non-hydrogen) atoms. The number of nitrogens with zero attached hydrogens (tertiary/aromatic N) is 4. The lowest BCUT2D eigenvalue weighted by Crippen LogP contribution is -2.13. The lowest BCUT2D eigenvalue weighted by atomic mass is 10.1. The van der Waals surface area contributed by atoms with Crippen molar-refractivity contribution in [3.05, 3.63) is 82.6 Å². The second-order valence-electron chi connectivity index (χ2n) is 8.66. The number of benzene rings is 2. The molecule has 9 nitrogen and oxygen atoms in total. The molecule has 0 bridgehead atoms. The van der Waals surface area contributed by atoms with Gasteiger partial charge < -0.3 is 9.64 Å². The van der Waals surface area contributed by atoms with Gasteiger partial charge in [-0.2, -0.15) is 5.10 Å². The van der Waals surface area contributed by atoms with Crippen LogP contribution in [-0.2, 0) is 10.0 Å². The minimum atomic E-state index is -3.94. The standard InChI is InChI=1S/C26H22Cl2N6O3S/c1-15-25-22(32-31-15)13-21(30-26(25)37-19-9-11-24(29-14-19)34(2)3)16-4-7-18(8-5-16)33-38(35,36)23-12-17(27)6-10-20(23)28/h4-14,33H,1-3H3,(H,31,32). The van der Waals surface area contributed by atoms with Gasteiger partial charge in [0, 0.05) is 36.1 Å². The smallest absolute Gasteiger partial charge is 0.263 e. The van der Waals surface area contributed by atoms with Crippen LogP contribution in [0.4, 0.5) is 11.5 Å². The molecule has 194 valence electrons. The summed E-state index contributed by atoms with van der Waals surface area (Å²) in [6.45, 7) is 1.89. The van der Waals surface area contributed by atoms with Crippen LogP contribution >= 0.6 is 23.2 Å².